The van der Waals surface area contributed by atoms with Crippen LogP contribution < -0.4 is 0 Å². The molecule has 1 aromatic rings. The average molecular weight is 251 g/mol. The predicted molar refractivity (Wildman–Crippen MR) is 66.2 cm³/mol. The Morgan fingerprint density at radius 3 is 2.72 bits per heavy atom. The average Bonchev–Trinajstić information content (AvgIpc) is 2.98. The Balaban J connectivity index is 1.58. The minimum Gasteiger partial charge on any atom is -0.381 e. The van der Waals surface area contributed by atoms with Gasteiger partial charge in [0.2, 0.25) is 5.89 Å². The second-order valence-corrected chi connectivity index (χ2v) is 5.30. The van der Waals surface area contributed by atoms with Crippen LogP contribution in [-0.2, 0) is 11.3 Å². The van der Waals surface area contributed by atoms with Gasteiger partial charge >= 0.3 is 0 Å². The zero-order valence-electron chi connectivity index (χ0n) is 10.8. The van der Waals surface area contributed by atoms with Crippen LogP contribution in [0.3, 0.4) is 0 Å². The third kappa shape index (κ3) is 2.90. The number of aromatic nitrogens is 2. The fourth-order valence-corrected chi connectivity index (χ4v) is 2.72. The van der Waals surface area contributed by atoms with E-state index in [0.717, 1.165) is 51.0 Å². The predicted octanol–water partition coefficient (Wildman–Crippen LogP) is 1.95. The van der Waals surface area contributed by atoms with Crippen molar-refractivity contribution in [3.05, 3.63) is 11.7 Å². The van der Waals surface area contributed by atoms with Crippen molar-refractivity contribution in [3.63, 3.8) is 0 Å². The highest BCUT2D eigenvalue weighted by molar-refractivity contribution is 4.97. The number of rotatable bonds is 3. The van der Waals surface area contributed by atoms with Crippen LogP contribution in [0.2, 0.25) is 0 Å². The van der Waals surface area contributed by atoms with E-state index in [1.807, 2.05) is 0 Å². The summed E-state index contributed by atoms with van der Waals surface area (Å²) >= 11 is 0. The number of nitrogens with zero attached hydrogens (tertiary/aromatic N) is 3. The van der Waals surface area contributed by atoms with Crippen molar-refractivity contribution in [2.45, 2.75) is 44.6 Å². The molecular weight excluding hydrogens is 230 g/mol. The van der Waals surface area contributed by atoms with Gasteiger partial charge in [0.25, 0.3) is 0 Å². The third-order valence-corrected chi connectivity index (χ3v) is 3.84. The number of hydrogen-bond acceptors (Lipinski definition) is 5. The maximum absolute atomic E-state index is 5.36. The Labute approximate surface area is 107 Å². The molecule has 2 aliphatic heterocycles. The summed E-state index contributed by atoms with van der Waals surface area (Å²) in [6.45, 7) is 4.68. The van der Waals surface area contributed by atoms with Gasteiger partial charge in [-0.25, -0.2) is 0 Å². The minimum atomic E-state index is 0.339. The molecule has 3 rings (SSSR count). The van der Waals surface area contributed by atoms with E-state index < -0.39 is 0 Å². The van der Waals surface area contributed by atoms with Crippen molar-refractivity contribution >= 4 is 0 Å². The Kier molecular flexibility index (Phi) is 3.90. The van der Waals surface area contributed by atoms with E-state index in [1.165, 1.54) is 25.7 Å². The summed E-state index contributed by atoms with van der Waals surface area (Å²) in [7, 11) is 0. The van der Waals surface area contributed by atoms with Crippen LogP contribution in [0.25, 0.3) is 0 Å². The largest absolute Gasteiger partial charge is 0.381 e. The monoisotopic (exact) mass is 251 g/mol. The molecule has 0 aliphatic carbocycles. The van der Waals surface area contributed by atoms with Crippen molar-refractivity contribution in [2.75, 3.05) is 26.3 Å². The molecule has 0 N–H and O–H groups in total. The van der Waals surface area contributed by atoms with Crippen molar-refractivity contribution in [1.82, 2.24) is 15.0 Å². The van der Waals surface area contributed by atoms with E-state index in [1.54, 1.807) is 0 Å². The van der Waals surface area contributed by atoms with E-state index >= 15 is 0 Å². The summed E-state index contributed by atoms with van der Waals surface area (Å²) in [5.74, 6) is 1.93. The highest BCUT2D eigenvalue weighted by Gasteiger charge is 2.23. The fraction of sp³-hybridized carbons (Fsp3) is 0.846. The van der Waals surface area contributed by atoms with Crippen LogP contribution in [-0.4, -0.2) is 41.3 Å². The summed E-state index contributed by atoms with van der Waals surface area (Å²) in [5.41, 5.74) is 0. The Morgan fingerprint density at radius 1 is 1.17 bits per heavy atom. The first kappa shape index (κ1) is 12.1. The highest BCUT2D eigenvalue weighted by atomic mass is 16.5. The van der Waals surface area contributed by atoms with Gasteiger partial charge in [-0.2, -0.15) is 4.98 Å². The van der Waals surface area contributed by atoms with Crippen LogP contribution in [0.1, 0.15) is 49.7 Å². The van der Waals surface area contributed by atoms with E-state index in [-0.39, 0.29) is 0 Å². The van der Waals surface area contributed by atoms with Gasteiger partial charge in [0.15, 0.2) is 5.82 Å². The van der Waals surface area contributed by atoms with Gasteiger partial charge in [0, 0.05) is 12.5 Å². The second-order valence-electron chi connectivity index (χ2n) is 5.30. The van der Waals surface area contributed by atoms with Gasteiger partial charge in [-0.1, -0.05) is 18.0 Å². The molecule has 0 radical (unpaired) electrons. The van der Waals surface area contributed by atoms with Gasteiger partial charge < -0.3 is 9.26 Å². The first-order valence-electron chi connectivity index (χ1n) is 7.04. The SMILES string of the molecule is C1CCCN(Cc2nc(C3CCOC3)no2)CC1. The first-order chi connectivity index (χ1) is 8.92. The summed E-state index contributed by atoms with van der Waals surface area (Å²) in [6, 6.07) is 0. The molecule has 100 valence electrons. The lowest BCUT2D eigenvalue weighted by Gasteiger charge is -2.16. The molecule has 2 aliphatic rings. The lowest BCUT2D eigenvalue weighted by atomic mass is 10.1. The van der Waals surface area contributed by atoms with Crippen LogP contribution in [0.15, 0.2) is 4.52 Å². The molecule has 1 atom stereocenters. The summed E-state index contributed by atoms with van der Waals surface area (Å²) in [6.07, 6.45) is 6.30. The van der Waals surface area contributed by atoms with Crippen molar-refractivity contribution in [1.29, 1.82) is 0 Å². The molecule has 0 saturated carbocycles. The maximum Gasteiger partial charge on any atom is 0.240 e. The zero-order valence-corrected chi connectivity index (χ0v) is 10.8. The molecular formula is C13H21N3O2. The summed E-state index contributed by atoms with van der Waals surface area (Å²) in [4.78, 5) is 6.94. The summed E-state index contributed by atoms with van der Waals surface area (Å²) < 4.78 is 10.7. The molecule has 5 nitrogen and oxygen atoms in total. The van der Waals surface area contributed by atoms with Gasteiger partial charge in [0.1, 0.15) is 0 Å². The van der Waals surface area contributed by atoms with Crippen LogP contribution in [0, 0.1) is 0 Å². The second kappa shape index (κ2) is 5.80. The zero-order chi connectivity index (χ0) is 12.2. The summed E-state index contributed by atoms with van der Waals surface area (Å²) in [5, 5.41) is 4.09. The lowest BCUT2D eigenvalue weighted by Crippen LogP contribution is -2.24. The number of likely N-dealkylation sites (tertiary alicyclic amines) is 1. The molecule has 0 spiro atoms. The van der Waals surface area contributed by atoms with Gasteiger partial charge in [0.05, 0.1) is 13.2 Å². The van der Waals surface area contributed by atoms with E-state index in [2.05, 4.69) is 15.0 Å². The molecule has 1 unspecified atom stereocenters. The van der Waals surface area contributed by atoms with Crippen molar-refractivity contribution in [3.8, 4) is 0 Å². The maximum atomic E-state index is 5.36. The lowest BCUT2D eigenvalue weighted by molar-refractivity contribution is 0.192. The number of ether oxygens (including phenoxy) is 1. The topological polar surface area (TPSA) is 51.4 Å². The molecule has 2 fully saturated rings. The smallest absolute Gasteiger partial charge is 0.240 e. The minimum absolute atomic E-state index is 0.339. The highest BCUT2D eigenvalue weighted by Crippen LogP contribution is 2.22. The quantitative estimate of drug-likeness (QED) is 0.822. The van der Waals surface area contributed by atoms with Gasteiger partial charge in [-0.05, 0) is 32.4 Å². The van der Waals surface area contributed by atoms with Crippen molar-refractivity contribution < 1.29 is 9.26 Å². The normalized spacial score (nSPS) is 26.3. The van der Waals surface area contributed by atoms with E-state index in [9.17, 15) is 0 Å². The van der Waals surface area contributed by atoms with Crippen molar-refractivity contribution in [2.24, 2.45) is 0 Å². The van der Waals surface area contributed by atoms with Gasteiger partial charge in [-0.3, -0.25) is 4.90 Å². The Bertz CT molecular complexity index is 366. The standard InChI is InChI=1S/C13H21N3O2/c1-2-4-7-16(6-3-1)9-12-14-13(15-18-12)11-5-8-17-10-11/h11H,1-10H2. The molecule has 18 heavy (non-hydrogen) atoms. The number of hydrogen-bond donors (Lipinski definition) is 0. The fourth-order valence-electron chi connectivity index (χ4n) is 2.72. The Hall–Kier alpha value is -0.940. The van der Waals surface area contributed by atoms with E-state index in [4.69, 9.17) is 9.26 Å². The molecule has 3 heterocycles. The van der Waals surface area contributed by atoms with Crippen LogP contribution in [0.5, 0.6) is 0 Å². The molecule has 2 saturated heterocycles. The van der Waals surface area contributed by atoms with E-state index in [0.29, 0.717) is 5.92 Å². The van der Waals surface area contributed by atoms with Crippen LogP contribution >= 0.6 is 0 Å². The van der Waals surface area contributed by atoms with Gasteiger partial charge in [-0.15, -0.1) is 0 Å². The molecule has 0 amide bonds. The third-order valence-electron chi connectivity index (χ3n) is 3.84. The molecule has 0 bridgehead atoms. The molecule has 0 aromatic carbocycles. The molecule has 5 heteroatoms. The molecule has 1 aromatic heterocycles. The Morgan fingerprint density at radius 2 is 2.00 bits per heavy atom. The first-order valence-corrected chi connectivity index (χ1v) is 7.04. The van der Waals surface area contributed by atoms with Crippen LogP contribution in [0.4, 0.5) is 0 Å².